The Balaban J connectivity index is 2.49. The summed E-state index contributed by atoms with van der Waals surface area (Å²) in [6.45, 7) is 0. The molecule has 0 spiro atoms. The van der Waals surface area contributed by atoms with Crippen LogP contribution in [0.1, 0.15) is 24.0 Å². The summed E-state index contributed by atoms with van der Waals surface area (Å²) in [6.07, 6.45) is 1.26. The lowest BCUT2D eigenvalue weighted by molar-refractivity contribution is -0.0218. The highest BCUT2D eigenvalue weighted by Gasteiger charge is 2.36. The average molecular weight is 198 g/mol. The zero-order valence-electron chi connectivity index (χ0n) is 8.02. The number of benzene rings is 1. The van der Waals surface area contributed by atoms with Crippen LogP contribution in [0.3, 0.4) is 0 Å². The number of halogens is 2. The summed E-state index contributed by atoms with van der Waals surface area (Å²) in [5.41, 5.74) is 0.894. The molecular formula is C11H12F2O. The Morgan fingerprint density at radius 1 is 1.36 bits per heavy atom. The molecule has 1 aromatic carbocycles. The molecule has 0 amide bonds. The van der Waals surface area contributed by atoms with Crippen molar-refractivity contribution in [1.82, 2.24) is 0 Å². The molecule has 0 saturated carbocycles. The van der Waals surface area contributed by atoms with Crippen LogP contribution >= 0.6 is 0 Å². The second-order valence-electron chi connectivity index (χ2n) is 3.58. The molecule has 0 bridgehead atoms. The number of alkyl halides is 2. The molecule has 0 aliphatic heterocycles. The van der Waals surface area contributed by atoms with Crippen LogP contribution in [-0.2, 0) is 12.3 Å². The zero-order valence-corrected chi connectivity index (χ0v) is 8.02. The van der Waals surface area contributed by atoms with Crippen molar-refractivity contribution in [1.29, 1.82) is 0 Å². The van der Waals surface area contributed by atoms with E-state index in [0.29, 0.717) is 12.2 Å². The van der Waals surface area contributed by atoms with Crippen molar-refractivity contribution in [3.63, 3.8) is 0 Å². The lowest BCUT2D eigenvalue weighted by Gasteiger charge is -2.25. The number of methoxy groups -OCH3 is 1. The van der Waals surface area contributed by atoms with Crippen LogP contribution in [0.25, 0.3) is 0 Å². The topological polar surface area (TPSA) is 9.23 Å². The third kappa shape index (κ3) is 1.47. The van der Waals surface area contributed by atoms with Gasteiger partial charge in [-0.15, -0.1) is 0 Å². The summed E-state index contributed by atoms with van der Waals surface area (Å²) >= 11 is 0. The molecule has 0 saturated heterocycles. The van der Waals surface area contributed by atoms with Crippen LogP contribution in [-0.4, -0.2) is 7.11 Å². The van der Waals surface area contributed by atoms with Gasteiger partial charge in [0.1, 0.15) is 5.75 Å². The minimum atomic E-state index is -2.68. The number of fused-ring (bicyclic) bond motifs is 1. The van der Waals surface area contributed by atoms with E-state index in [1.165, 1.54) is 13.2 Å². The maximum Gasteiger partial charge on any atom is 0.273 e. The Labute approximate surface area is 81.7 Å². The highest BCUT2D eigenvalue weighted by molar-refractivity contribution is 5.39. The molecule has 1 aromatic rings. The number of hydrogen-bond acceptors (Lipinski definition) is 1. The summed E-state index contributed by atoms with van der Waals surface area (Å²) < 4.78 is 31.9. The molecule has 3 heteroatoms. The highest BCUT2D eigenvalue weighted by atomic mass is 19.3. The first kappa shape index (κ1) is 9.44. The first-order valence-electron chi connectivity index (χ1n) is 4.69. The Morgan fingerprint density at radius 2 is 2.14 bits per heavy atom. The van der Waals surface area contributed by atoms with Gasteiger partial charge in [0.05, 0.1) is 7.11 Å². The molecule has 0 fully saturated rings. The third-order valence-corrected chi connectivity index (χ3v) is 2.65. The molecule has 1 aliphatic rings. The van der Waals surface area contributed by atoms with Crippen molar-refractivity contribution in [3.8, 4) is 5.75 Å². The van der Waals surface area contributed by atoms with E-state index in [9.17, 15) is 8.78 Å². The Morgan fingerprint density at radius 3 is 2.86 bits per heavy atom. The molecule has 1 nitrogen and oxygen atoms in total. The summed E-state index contributed by atoms with van der Waals surface area (Å²) in [6, 6.07) is 4.93. The lowest BCUT2D eigenvalue weighted by atomic mass is 9.88. The molecule has 76 valence electrons. The van der Waals surface area contributed by atoms with Gasteiger partial charge in [0.15, 0.2) is 0 Å². The van der Waals surface area contributed by atoms with Crippen LogP contribution in [0.2, 0.25) is 0 Å². The van der Waals surface area contributed by atoms with Gasteiger partial charge in [-0.3, -0.25) is 0 Å². The van der Waals surface area contributed by atoms with Gasteiger partial charge in [-0.1, -0.05) is 6.07 Å². The smallest absolute Gasteiger partial charge is 0.273 e. The maximum atomic E-state index is 13.5. The fourth-order valence-electron chi connectivity index (χ4n) is 1.88. The van der Waals surface area contributed by atoms with Crippen molar-refractivity contribution < 1.29 is 13.5 Å². The van der Waals surface area contributed by atoms with Crippen LogP contribution in [0.15, 0.2) is 18.2 Å². The average Bonchev–Trinajstić information content (AvgIpc) is 2.17. The first-order chi connectivity index (χ1) is 6.63. The van der Waals surface area contributed by atoms with Gasteiger partial charge in [0, 0.05) is 12.0 Å². The lowest BCUT2D eigenvalue weighted by Crippen LogP contribution is -2.20. The Kier molecular flexibility index (Phi) is 2.17. The number of hydrogen-bond donors (Lipinski definition) is 0. The molecule has 14 heavy (non-hydrogen) atoms. The predicted molar refractivity (Wildman–Crippen MR) is 49.8 cm³/mol. The summed E-state index contributed by atoms with van der Waals surface area (Å²) in [5.74, 6) is -2.17. The minimum absolute atomic E-state index is 0.0484. The fourth-order valence-corrected chi connectivity index (χ4v) is 1.88. The van der Waals surface area contributed by atoms with Gasteiger partial charge in [-0.25, -0.2) is 8.78 Å². The molecule has 0 radical (unpaired) electrons. The second-order valence-corrected chi connectivity index (χ2v) is 3.58. The van der Waals surface area contributed by atoms with E-state index in [1.807, 2.05) is 0 Å². The molecule has 2 rings (SSSR count). The SMILES string of the molecule is COc1ccc2c(c1)C(F)(F)CCC2. The standard InChI is InChI=1S/C11H12F2O/c1-14-9-5-4-8-3-2-6-11(12,13)10(8)7-9/h4-5,7H,2-3,6H2,1H3. The molecule has 0 unspecified atom stereocenters. The normalized spacial score (nSPS) is 18.8. The van der Waals surface area contributed by atoms with Crippen molar-refractivity contribution in [2.75, 3.05) is 7.11 Å². The number of ether oxygens (including phenoxy) is 1. The highest BCUT2D eigenvalue weighted by Crippen LogP contribution is 2.41. The van der Waals surface area contributed by atoms with Gasteiger partial charge < -0.3 is 4.74 Å². The number of rotatable bonds is 1. The van der Waals surface area contributed by atoms with E-state index in [2.05, 4.69) is 0 Å². The van der Waals surface area contributed by atoms with E-state index < -0.39 is 5.92 Å². The van der Waals surface area contributed by atoms with Crippen LogP contribution < -0.4 is 4.74 Å². The van der Waals surface area contributed by atoms with Gasteiger partial charge >= 0.3 is 0 Å². The number of aryl methyl sites for hydroxylation is 1. The maximum absolute atomic E-state index is 13.5. The molecular weight excluding hydrogens is 186 g/mol. The van der Waals surface area contributed by atoms with Crippen molar-refractivity contribution in [2.45, 2.75) is 25.2 Å². The molecule has 0 N–H and O–H groups in total. The van der Waals surface area contributed by atoms with E-state index >= 15 is 0 Å². The van der Waals surface area contributed by atoms with E-state index in [0.717, 1.165) is 12.0 Å². The predicted octanol–water partition coefficient (Wildman–Crippen LogP) is 3.12. The zero-order chi connectivity index (χ0) is 10.2. The van der Waals surface area contributed by atoms with Gasteiger partial charge in [0.2, 0.25) is 0 Å². The summed E-state index contributed by atoms with van der Waals surface area (Å²) in [7, 11) is 1.49. The van der Waals surface area contributed by atoms with Crippen molar-refractivity contribution in [3.05, 3.63) is 29.3 Å². The monoisotopic (exact) mass is 198 g/mol. The summed E-state index contributed by atoms with van der Waals surface area (Å²) in [5, 5.41) is 0. The Hall–Kier alpha value is -1.12. The fraction of sp³-hybridized carbons (Fsp3) is 0.455. The van der Waals surface area contributed by atoms with Crippen molar-refractivity contribution >= 4 is 0 Å². The van der Waals surface area contributed by atoms with Gasteiger partial charge in [0.25, 0.3) is 5.92 Å². The largest absolute Gasteiger partial charge is 0.497 e. The first-order valence-corrected chi connectivity index (χ1v) is 4.69. The van der Waals surface area contributed by atoms with Crippen LogP contribution in [0, 0.1) is 0 Å². The summed E-state index contributed by atoms with van der Waals surface area (Å²) in [4.78, 5) is 0. The van der Waals surface area contributed by atoms with E-state index in [4.69, 9.17) is 4.74 Å². The van der Waals surface area contributed by atoms with Gasteiger partial charge in [-0.2, -0.15) is 0 Å². The van der Waals surface area contributed by atoms with Crippen molar-refractivity contribution in [2.24, 2.45) is 0 Å². The van der Waals surface area contributed by atoms with E-state index in [-0.39, 0.29) is 12.0 Å². The molecule has 0 aromatic heterocycles. The Bertz CT molecular complexity index is 347. The minimum Gasteiger partial charge on any atom is -0.497 e. The van der Waals surface area contributed by atoms with Crippen LogP contribution in [0.4, 0.5) is 8.78 Å². The van der Waals surface area contributed by atoms with Crippen LogP contribution in [0.5, 0.6) is 5.75 Å². The molecule has 0 heterocycles. The third-order valence-electron chi connectivity index (χ3n) is 2.65. The molecule has 1 aliphatic carbocycles. The van der Waals surface area contributed by atoms with Gasteiger partial charge in [-0.05, 0) is 30.5 Å². The quantitative estimate of drug-likeness (QED) is 0.673. The van der Waals surface area contributed by atoms with E-state index in [1.54, 1.807) is 12.1 Å². The molecule has 0 atom stereocenters. The second kappa shape index (κ2) is 3.23.